The quantitative estimate of drug-likeness (QED) is 0.794. The molecule has 0 aliphatic carbocycles. The molecule has 1 atom stereocenters. The molecule has 0 saturated carbocycles. The van der Waals surface area contributed by atoms with Crippen molar-refractivity contribution in [2.45, 2.75) is 37.6 Å². The first-order valence-corrected chi connectivity index (χ1v) is 8.63. The Kier molecular flexibility index (Phi) is 6.64. The zero-order chi connectivity index (χ0) is 16.5. The second kappa shape index (κ2) is 7.65. The van der Waals surface area contributed by atoms with Crippen molar-refractivity contribution in [3.63, 3.8) is 0 Å². The molecule has 23 heavy (non-hydrogen) atoms. The summed E-state index contributed by atoms with van der Waals surface area (Å²) >= 11 is 0. The summed E-state index contributed by atoms with van der Waals surface area (Å²) in [7, 11) is -0.797. The normalized spacial score (nSPS) is 18.7. The first-order valence-electron chi connectivity index (χ1n) is 7.19. The van der Waals surface area contributed by atoms with E-state index in [0.29, 0.717) is 13.1 Å². The Balaban J connectivity index is 0.00000264. The van der Waals surface area contributed by atoms with E-state index >= 15 is 0 Å². The zero-order valence-corrected chi connectivity index (χ0v) is 15.3. The van der Waals surface area contributed by atoms with E-state index in [4.69, 9.17) is 9.15 Å². The first kappa shape index (κ1) is 20.0. The molecule has 1 saturated heterocycles. The maximum Gasteiger partial charge on any atom is 0.342 e. The Morgan fingerprint density at radius 2 is 2.04 bits per heavy atom. The van der Waals surface area contributed by atoms with E-state index in [2.05, 4.69) is 5.32 Å². The van der Waals surface area contributed by atoms with Crippen molar-refractivity contribution in [2.24, 2.45) is 0 Å². The number of halogens is 1. The van der Waals surface area contributed by atoms with Crippen molar-refractivity contribution >= 4 is 28.4 Å². The van der Waals surface area contributed by atoms with Gasteiger partial charge in [0.15, 0.2) is 0 Å². The van der Waals surface area contributed by atoms with Crippen LogP contribution in [0.5, 0.6) is 0 Å². The number of ether oxygens (including phenoxy) is 1. The lowest BCUT2D eigenvalue weighted by atomic mass is 10.2. The molecule has 0 bridgehead atoms. The summed E-state index contributed by atoms with van der Waals surface area (Å²) in [4.78, 5) is 11.9. The summed E-state index contributed by atoms with van der Waals surface area (Å²) in [6, 6.07) is -0.116. The molecule has 0 radical (unpaired) electrons. The number of carbonyl (C=O) groups excluding carboxylic acids is 1. The average Bonchev–Trinajstić information content (AvgIpc) is 3.03. The summed E-state index contributed by atoms with van der Waals surface area (Å²) in [5.41, 5.74) is -0.00453. The maximum absolute atomic E-state index is 13.0. The first-order chi connectivity index (χ1) is 10.3. The lowest BCUT2D eigenvalue weighted by molar-refractivity contribution is 0.0594. The van der Waals surface area contributed by atoms with Crippen LogP contribution in [0, 0.1) is 13.8 Å². The molecule has 2 rings (SSSR count). The topological polar surface area (TPSA) is 88.9 Å². The fourth-order valence-electron chi connectivity index (χ4n) is 2.99. The molecule has 1 unspecified atom stereocenters. The smallest absolute Gasteiger partial charge is 0.342 e. The molecule has 1 aromatic heterocycles. The Bertz CT molecular complexity index is 671. The minimum absolute atomic E-state index is 0. The van der Waals surface area contributed by atoms with Gasteiger partial charge in [0.05, 0.1) is 7.11 Å². The number of nitrogens with one attached hydrogen (secondary N) is 1. The summed E-state index contributed by atoms with van der Waals surface area (Å²) < 4.78 is 37.6. The van der Waals surface area contributed by atoms with E-state index in [1.54, 1.807) is 20.9 Å². The van der Waals surface area contributed by atoms with Crippen molar-refractivity contribution in [3.05, 3.63) is 17.1 Å². The molecule has 1 fully saturated rings. The van der Waals surface area contributed by atoms with Crippen LogP contribution in [0.25, 0.3) is 0 Å². The summed E-state index contributed by atoms with van der Waals surface area (Å²) in [6.45, 7) is 4.13. The summed E-state index contributed by atoms with van der Waals surface area (Å²) in [6.07, 6.45) is 1.60. The number of esters is 1. The van der Waals surface area contributed by atoms with E-state index in [1.807, 2.05) is 0 Å². The van der Waals surface area contributed by atoms with E-state index in [-0.39, 0.29) is 40.4 Å². The number of sulfonamides is 1. The highest BCUT2D eigenvalue weighted by atomic mass is 35.5. The van der Waals surface area contributed by atoms with Gasteiger partial charge in [-0.15, -0.1) is 12.4 Å². The van der Waals surface area contributed by atoms with E-state index in [9.17, 15) is 13.2 Å². The highest BCUT2D eigenvalue weighted by Crippen LogP contribution is 2.33. The molecular formula is C14H23ClN2O5S. The second-order valence-electron chi connectivity index (χ2n) is 5.38. The van der Waals surface area contributed by atoms with Crippen molar-refractivity contribution in [1.29, 1.82) is 0 Å². The molecule has 2 heterocycles. The van der Waals surface area contributed by atoms with Crippen LogP contribution < -0.4 is 5.32 Å². The SMILES string of the molecule is CNCC1CCCN1S(=O)(=O)c1c(C)oc(C)c1C(=O)OC.Cl. The number of furan rings is 1. The fraction of sp³-hybridized carbons (Fsp3) is 0.643. The molecule has 0 aromatic carbocycles. The van der Waals surface area contributed by atoms with Gasteiger partial charge in [-0.3, -0.25) is 0 Å². The third-order valence-corrected chi connectivity index (χ3v) is 6.03. The number of rotatable bonds is 5. The largest absolute Gasteiger partial charge is 0.465 e. The van der Waals surface area contributed by atoms with Crippen LogP contribution in [0.1, 0.15) is 34.7 Å². The molecular weight excluding hydrogens is 344 g/mol. The van der Waals surface area contributed by atoms with Crippen molar-refractivity contribution < 1.29 is 22.4 Å². The summed E-state index contributed by atoms with van der Waals surface area (Å²) in [5, 5.41) is 3.01. The number of aryl methyl sites for hydroxylation is 2. The number of carbonyl (C=O) groups is 1. The second-order valence-corrected chi connectivity index (χ2v) is 7.21. The fourth-order valence-corrected chi connectivity index (χ4v) is 5.06. The van der Waals surface area contributed by atoms with Crippen LogP contribution in [-0.2, 0) is 14.8 Å². The Morgan fingerprint density at radius 3 is 2.61 bits per heavy atom. The van der Waals surface area contributed by atoms with Gasteiger partial charge in [-0.05, 0) is 33.7 Å². The number of likely N-dealkylation sites (N-methyl/N-ethyl adjacent to an activating group) is 1. The zero-order valence-electron chi connectivity index (χ0n) is 13.7. The summed E-state index contributed by atoms with van der Waals surface area (Å²) in [5.74, 6) is -0.224. The van der Waals surface area contributed by atoms with Gasteiger partial charge >= 0.3 is 5.97 Å². The minimum atomic E-state index is -3.81. The monoisotopic (exact) mass is 366 g/mol. The van der Waals surface area contributed by atoms with Gasteiger partial charge in [-0.1, -0.05) is 0 Å². The number of methoxy groups -OCH3 is 1. The van der Waals surface area contributed by atoms with Crippen LogP contribution in [0.3, 0.4) is 0 Å². The molecule has 132 valence electrons. The average molecular weight is 367 g/mol. The highest BCUT2D eigenvalue weighted by Gasteiger charge is 2.40. The molecule has 1 N–H and O–H groups in total. The van der Waals surface area contributed by atoms with Gasteiger partial charge in [0.2, 0.25) is 10.0 Å². The van der Waals surface area contributed by atoms with Crippen molar-refractivity contribution in [3.8, 4) is 0 Å². The molecule has 7 nitrogen and oxygen atoms in total. The van der Waals surface area contributed by atoms with Gasteiger partial charge in [0, 0.05) is 19.1 Å². The van der Waals surface area contributed by atoms with Gasteiger partial charge < -0.3 is 14.5 Å². The lowest BCUT2D eigenvalue weighted by Crippen LogP contribution is -2.41. The van der Waals surface area contributed by atoms with Gasteiger partial charge in [0.25, 0.3) is 0 Å². The van der Waals surface area contributed by atoms with Gasteiger partial charge in [0.1, 0.15) is 22.0 Å². The number of nitrogens with zero attached hydrogens (tertiary/aromatic N) is 1. The molecule has 1 aromatic rings. The van der Waals surface area contributed by atoms with Crippen molar-refractivity contribution in [1.82, 2.24) is 9.62 Å². The van der Waals surface area contributed by atoms with Gasteiger partial charge in [-0.25, -0.2) is 13.2 Å². The van der Waals surface area contributed by atoms with E-state index in [1.165, 1.54) is 11.4 Å². The number of hydrogen-bond acceptors (Lipinski definition) is 6. The number of hydrogen-bond donors (Lipinski definition) is 1. The van der Waals surface area contributed by atoms with Crippen LogP contribution in [0.15, 0.2) is 9.31 Å². The molecule has 0 spiro atoms. The van der Waals surface area contributed by atoms with E-state index < -0.39 is 16.0 Å². The van der Waals surface area contributed by atoms with E-state index in [0.717, 1.165) is 12.8 Å². The van der Waals surface area contributed by atoms with Crippen LogP contribution in [0.2, 0.25) is 0 Å². The van der Waals surface area contributed by atoms with Gasteiger partial charge in [-0.2, -0.15) is 4.31 Å². The molecule has 1 aliphatic rings. The van der Waals surface area contributed by atoms with Crippen LogP contribution >= 0.6 is 12.4 Å². The third kappa shape index (κ3) is 3.55. The standard InChI is InChI=1S/C14H22N2O5S.ClH/c1-9-12(14(17)20-4)13(10(2)21-9)22(18,19)16-7-5-6-11(16)8-15-3;/h11,15H,5-8H2,1-4H3;1H. The predicted molar refractivity (Wildman–Crippen MR) is 87.6 cm³/mol. The lowest BCUT2D eigenvalue weighted by Gasteiger charge is -2.24. The molecule has 1 aliphatic heterocycles. The molecule has 0 amide bonds. The van der Waals surface area contributed by atoms with Crippen LogP contribution in [0.4, 0.5) is 0 Å². The Morgan fingerprint density at radius 1 is 1.39 bits per heavy atom. The molecule has 9 heteroatoms. The maximum atomic E-state index is 13.0. The highest BCUT2D eigenvalue weighted by molar-refractivity contribution is 7.89. The van der Waals surface area contributed by atoms with Crippen LogP contribution in [-0.4, -0.2) is 52.0 Å². The predicted octanol–water partition coefficient (Wildman–Crippen LogP) is 1.48. The van der Waals surface area contributed by atoms with Crippen molar-refractivity contribution in [2.75, 3.05) is 27.2 Å². The third-order valence-electron chi connectivity index (χ3n) is 3.92. The Hall–Kier alpha value is -1.09. The Labute approximate surface area is 142 Å². The minimum Gasteiger partial charge on any atom is -0.465 e.